The van der Waals surface area contributed by atoms with E-state index in [1.807, 2.05) is 0 Å². The lowest BCUT2D eigenvalue weighted by Gasteiger charge is -2.17. The Hall–Kier alpha value is -3.77. The number of hydrogen-bond donors (Lipinski definition) is 2. The van der Waals surface area contributed by atoms with Crippen molar-refractivity contribution in [1.29, 1.82) is 0 Å². The maximum atomic E-state index is 14.3. The van der Waals surface area contributed by atoms with Crippen LogP contribution in [0.3, 0.4) is 0 Å². The smallest absolute Gasteiger partial charge is 0.422 e. The van der Waals surface area contributed by atoms with Gasteiger partial charge in [-0.2, -0.15) is 31.3 Å². The average Bonchev–Trinajstić information content (AvgIpc) is 3.15. The van der Waals surface area contributed by atoms with Crippen LogP contribution in [-0.2, 0) is 12.4 Å². The van der Waals surface area contributed by atoms with Gasteiger partial charge in [0.1, 0.15) is 11.4 Å². The van der Waals surface area contributed by atoms with Crippen molar-refractivity contribution in [3.8, 4) is 22.8 Å². The van der Waals surface area contributed by atoms with Gasteiger partial charge in [0.25, 0.3) is 0 Å². The summed E-state index contributed by atoms with van der Waals surface area (Å²) < 4.78 is 104. The molecule has 3 N–H and O–H groups in total. The molecule has 2 heterocycles. The van der Waals surface area contributed by atoms with Crippen LogP contribution in [0.4, 0.5) is 48.2 Å². The van der Waals surface area contributed by atoms with E-state index in [1.165, 1.54) is 18.2 Å². The number of nitrogens with two attached hydrogens (primary N) is 1. The highest BCUT2D eigenvalue weighted by atomic mass is 19.4. The first-order chi connectivity index (χ1) is 14.9. The van der Waals surface area contributed by atoms with Crippen molar-refractivity contribution in [2.45, 2.75) is 12.4 Å². The molecular formula is C19H11F7N4O2. The number of rotatable bonds is 3. The molecule has 1 aromatic heterocycles. The quantitative estimate of drug-likeness (QED) is 0.511. The average molecular weight is 460 g/mol. The second-order valence-corrected chi connectivity index (χ2v) is 6.51. The van der Waals surface area contributed by atoms with Gasteiger partial charge in [-0.15, -0.1) is 0 Å². The van der Waals surface area contributed by atoms with E-state index >= 15 is 0 Å². The van der Waals surface area contributed by atoms with Crippen LogP contribution in [0.1, 0.15) is 11.1 Å². The molecule has 0 fully saturated rings. The second-order valence-electron chi connectivity index (χ2n) is 6.51. The molecule has 4 rings (SSSR count). The summed E-state index contributed by atoms with van der Waals surface area (Å²) in [6.07, 6.45) is -9.95. The van der Waals surface area contributed by atoms with Crippen LogP contribution in [-0.4, -0.2) is 16.8 Å². The van der Waals surface area contributed by atoms with Crippen molar-refractivity contribution in [3.63, 3.8) is 0 Å². The Labute approximate surface area is 174 Å². The van der Waals surface area contributed by atoms with Gasteiger partial charge in [0.2, 0.25) is 12.7 Å². The Balaban J connectivity index is 1.83. The molecule has 1 aliphatic heterocycles. The lowest BCUT2D eigenvalue weighted by molar-refractivity contribution is -0.140. The Bertz CT molecular complexity index is 1200. The highest BCUT2D eigenvalue weighted by molar-refractivity contribution is 5.73. The first-order valence-corrected chi connectivity index (χ1v) is 8.72. The number of nitrogens with one attached hydrogen (secondary N) is 1. The predicted octanol–water partition coefficient (Wildman–Crippen LogP) is 5.37. The normalized spacial score (nSPS) is 13.3. The van der Waals surface area contributed by atoms with Gasteiger partial charge < -0.3 is 20.5 Å². The van der Waals surface area contributed by atoms with Gasteiger partial charge in [0, 0.05) is 5.56 Å². The maximum absolute atomic E-state index is 14.3. The lowest BCUT2D eigenvalue weighted by atomic mass is 10.1. The number of halogens is 7. The first kappa shape index (κ1) is 21.5. The number of alkyl halides is 6. The molecule has 3 aromatic rings. The summed E-state index contributed by atoms with van der Waals surface area (Å²) in [5, 5.41) is 2.17. The fraction of sp³-hybridized carbons (Fsp3) is 0.158. The SMILES string of the molecule is Nc1nc(Nc2cccc(C(F)(F)F)c2F)nc(-c2ccc3c(c2)OCO3)c1C(F)(F)F. The van der Waals surface area contributed by atoms with Crippen LogP contribution in [0.15, 0.2) is 36.4 Å². The molecular weight excluding hydrogens is 449 g/mol. The van der Waals surface area contributed by atoms with Gasteiger partial charge in [-0.25, -0.2) is 9.37 Å². The third-order valence-electron chi connectivity index (χ3n) is 4.42. The van der Waals surface area contributed by atoms with Crippen LogP contribution in [0, 0.1) is 5.82 Å². The highest BCUT2D eigenvalue weighted by Gasteiger charge is 2.39. The summed E-state index contributed by atoms with van der Waals surface area (Å²) >= 11 is 0. The molecule has 0 saturated heterocycles. The van der Waals surface area contributed by atoms with Crippen molar-refractivity contribution >= 4 is 17.5 Å². The standard InChI is InChI=1S/C19H11F7N4O2/c20-14-9(18(21,22)23)2-1-3-10(14)28-17-29-15(13(16(27)30-17)19(24,25)26)8-4-5-11-12(6-8)32-7-31-11/h1-6H,7H2,(H3,27,28,29,30). The number of anilines is 3. The van der Waals surface area contributed by atoms with Crippen LogP contribution < -0.4 is 20.5 Å². The number of hydrogen-bond acceptors (Lipinski definition) is 6. The van der Waals surface area contributed by atoms with Gasteiger partial charge in [0.05, 0.1) is 16.9 Å². The number of nitrogens with zero attached hydrogens (tertiary/aromatic N) is 2. The lowest BCUT2D eigenvalue weighted by Crippen LogP contribution is -2.16. The van der Waals surface area contributed by atoms with E-state index in [-0.39, 0.29) is 18.1 Å². The topological polar surface area (TPSA) is 82.3 Å². The molecule has 6 nitrogen and oxygen atoms in total. The molecule has 2 aromatic carbocycles. The molecule has 1 aliphatic rings. The number of ether oxygens (including phenoxy) is 2. The molecule has 0 spiro atoms. The van der Waals surface area contributed by atoms with Gasteiger partial charge >= 0.3 is 12.4 Å². The van der Waals surface area contributed by atoms with Crippen molar-refractivity contribution in [1.82, 2.24) is 9.97 Å². The van der Waals surface area contributed by atoms with E-state index in [0.717, 1.165) is 12.1 Å². The zero-order valence-corrected chi connectivity index (χ0v) is 15.6. The fourth-order valence-corrected chi connectivity index (χ4v) is 3.03. The third kappa shape index (κ3) is 3.92. The second kappa shape index (κ2) is 7.43. The van der Waals surface area contributed by atoms with Crippen LogP contribution in [0.2, 0.25) is 0 Å². The monoisotopic (exact) mass is 460 g/mol. The van der Waals surface area contributed by atoms with E-state index in [0.29, 0.717) is 11.8 Å². The molecule has 13 heteroatoms. The van der Waals surface area contributed by atoms with Crippen LogP contribution in [0.5, 0.6) is 11.5 Å². The minimum Gasteiger partial charge on any atom is -0.454 e. The van der Waals surface area contributed by atoms with Gasteiger partial charge in [-0.1, -0.05) is 6.07 Å². The summed E-state index contributed by atoms with van der Waals surface area (Å²) in [6.45, 7) is -0.127. The minimum atomic E-state index is -4.99. The summed E-state index contributed by atoms with van der Waals surface area (Å²) in [6, 6.07) is 6.23. The van der Waals surface area contributed by atoms with E-state index in [9.17, 15) is 30.7 Å². The van der Waals surface area contributed by atoms with E-state index in [2.05, 4.69) is 15.3 Å². The zero-order chi connectivity index (χ0) is 23.3. The molecule has 0 radical (unpaired) electrons. The number of aromatic nitrogens is 2. The van der Waals surface area contributed by atoms with Crippen molar-refractivity contribution in [3.05, 3.63) is 53.3 Å². The summed E-state index contributed by atoms with van der Waals surface area (Å²) in [5.74, 6) is -2.86. The summed E-state index contributed by atoms with van der Waals surface area (Å²) in [5.41, 5.74) is 1.11. The molecule has 0 aliphatic carbocycles. The Morgan fingerprint density at radius 2 is 1.62 bits per heavy atom. The summed E-state index contributed by atoms with van der Waals surface area (Å²) in [4.78, 5) is 7.22. The van der Waals surface area contributed by atoms with Crippen LogP contribution >= 0.6 is 0 Å². The van der Waals surface area contributed by atoms with Crippen molar-refractivity contribution in [2.75, 3.05) is 17.8 Å². The molecule has 0 bridgehead atoms. The van der Waals surface area contributed by atoms with Gasteiger partial charge in [0.15, 0.2) is 17.3 Å². The van der Waals surface area contributed by atoms with Gasteiger partial charge in [-0.05, 0) is 30.3 Å². The largest absolute Gasteiger partial charge is 0.454 e. The summed E-state index contributed by atoms with van der Waals surface area (Å²) in [7, 11) is 0. The van der Waals surface area contributed by atoms with Crippen molar-refractivity contribution in [2.24, 2.45) is 0 Å². The Morgan fingerprint density at radius 3 is 2.31 bits per heavy atom. The molecule has 0 saturated carbocycles. The Morgan fingerprint density at radius 1 is 0.906 bits per heavy atom. The van der Waals surface area contributed by atoms with E-state index in [4.69, 9.17) is 15.2 Å². The fourth-order valence-electron chi connectivity index (χ4n) is 3.03. The van der Waals surface area contributed by atoms with Crippen molar-refractivity contribution < 1.29 is 40.2 Å². The Kier molecular flexibility index (Phi) is 4.98. The minimum absolute atomic E-state index is 0.0803. The van der Waals surface area contributed by atoms with Gasteiger partial charge in [-0.3, -0.25) is 0 Å². The van der Waals surface area contributed by atoms with E-state index in [1.54, 1.807) is 0 Å². The van der Waals surface area contributed by atoms with E-state index < -0.39 is 52.4 Å². The zero-order valence-electron chi connectivity index (χ0n) is 15.6. The molecule has 0 amide bonds. The molecule has 0 atom stereocenters. The third-order valence-corrected chi connectivity index (χ3v) is 4.42. The first-order valence-electron chi connectivity index (χ1n) is 8.72. The predicted molar refractivity (Wildman–Crippen MR) is 97.7 cm³/mol. The molecule has 32 heavy (non-hydrogen) atoms. The number of benzene rings is 2. The van der Waals surface area contributed by atoms with Crippen LogP contribution in [0.25, 0.3) is 11.3 Å². The maximum Gasteiger partial charge on any atom is 0.422 e. The molecule has 0 unspecified atom stereocenters. The highest BCUT2D eigenvalue weighted by Crippen LogP contribution is 2.43. The molecule has 168 valence electrons. The number of nitrogen functional groups attached to an aromatic ring is 1. The number of fused-ring (bicyclic) bond motifs is 1.